The number of fused-ring (bicyclic) bond motifs is 1. The number of nitro benzene ring substituents is 1. The summed E-state index contributed by atoms with van der Waals surface area (Å²) in [5.74, 6) is -2.07. The zero-order valence-electron chi connectivity index (χ0n) is 13.3. The number of β-amino-alcohol motifs (C(OH)–C–C–N with tert-alkyl or cyclic N) is 1. The molecule has 0 aromatic heterocycles. The Kier molecular flexibility index (Phi) is 4.63. The van der Waals surface area contributed by atoms with Gasteiger partial charge in [0, 0.05) is 12.1 Å². The van der Waals surface area contributed by atoms with Crippen molar-refractivity contribution in [3.8, 4) is 5.75 Å². The average Bonchev–Trinajstić information content (AvgIpc) is 2.85. The Bertz CT molecular complexity index is 901. The SMILES string of the molecule is O=C1c2ccc([N+](=O)[O-])cc2C(=O)N1C[C@H](O)COc1ccccc1F. The molecule has 1 atom stereocenters. The highest BCUT2D eigenvalue weighted by atomic mass is 19.1. The highest BCUT2D eigenvalue weighted by Crippen LogP contribution is 2.27. The minimum Gasteiger partial charge on any atom is -0.488 e. The highest BCUT2D eigenvalue weighted by Gasteiger charge is 2.37. The van der Waals surface area contributed by atoms with Crippen LogP contribution in [-0.2, 0) is 0 Å². The molecule has 0 aliphatic carbocycles. The Morgan fingerprint density at radius 1 is 1.15 bits per heavy atom. The average molecular weight is 360 g/mol. The zero-order chi connectivity index (χ0) is 18.8. The predicted molar refractivity (Wildman–Crippen MR) is 86.4 cm³/mol. The molecular weight excluding hydrogens is 347 g/mol. The summed E-state index contributed by atoms with van der Waals surface area (Å²) in [7, 11) is 0. The fourth-order valence-corrected chi connectivity index (χ4v) is 2.57. The standard InChI is InChI=1S/C17H13FN2O6/c18-14-3-1-2-4-15(14)26-9-11(21)8-19-16(22)12-6-5-10(20(24)25)7-13(12)17(19)23/h1-7,11,21H,8-9H2/t11-/m0/s1. The lowest BCUT2D eigenvalue weighted by Gasteiger charge is -2.19. The zero-order valence-corrected chi connectivity index (χ0v) is 13.3. The number of non-ortho nitro benzene ring substituents is 1. The van der Waals surface area contributed by atoms with E-state index in [4.69, 9.17) is 4.74 Å². The third-order valence-electron chi connectivity index (χ3n) is 3.83. The molecule has 0 saturated heterocycles. The van der Waals surface area contributed by atoms with E-state index in [0.717, 1.165) is 17.0 Å². The van der Waals surface area contributed by atoms with Gasteiger partial charge < -0.3 is 9.84 Å². The number of imide groups is 1. The van der Waals surface area contributed by atoms with Crippen molar-refractivity contribution in [2.24, 2.45) is 0 Å². The molecule has 9 heteroatoms. The highest BCUT2D eigenvalue weighted by molar-refractivity contribution is 6.21. The fourth-order valence-electron chi connectivity index (χ4n) is 2.57. The summed E-state index contributed by atoms with van der Waals surface area (Å²) in [5, 5.41) is 20.8. The molecule has 0 bridgehead atoms. The number of rotatable bonds is 6. The lowest BCUT2D eigenvalue weighted by Crippen LogP contribution is -2.39. The van der Waals surface area contributed by atoms with E-state index in [0.29, 0.717) is 0 Å². The van der Waals surface area contributed by atoms with Crippen LogP contribution in [0, 0.1) is 15.9 Å². The summed E-state index contributed by atoms with van der Waals surface area (Å²) in [4.78, 5) is 35.5. The third kappa shape index (κ3) is 3.24. The monoisotopic (exact) mass is 360 g/mol. The molecule has 3 rings (SSSR count). The van der Waals surface area contributed by atoms with Crippen molar-refractivity contribution in [1.29, 1.82) is 0 Å². The molecule has 1 heterocycles. The van der Waals surface area contributed by atoms with Crippen molar-refractivity contribution < 1.29 is 28.7 Å². The third-order valence-corrected chi connectivity index (χ3v) is 3.83. The van der Waals surface area contributed by atoms with Crippen LogP contribution in [0.4, 0.5) is 10.1 Å². The van der Waals surface area contributed by atoms with Gasteiger partial charge in [-0.3, -0.25) is 24.6 Å². The summed E-state index contributed by atoms with van der Waals surface area (Å²) in [5.41, 5.74) is -0.371. The topological polar surface area (TPSA) is 110 Å². The van der Waals surface area contributed by atoms with Crippen LogP contribution in [0.3, 0.4) is 0 Å². The van der Waals surface area contributed by atoms with Gasteiger partial charge in [-0.15, -0.1) is 0 Å². The first-order valence-corrected chi connectivity index (χ1v) is 7.58. The van der Waals surface area contributed by atoms with Crippen LogP contribution in [0.2, 0.25) is 0 Å². The van der Waals surface area contributed by atoms with Crippen LogP contribution in [0.5, 0.6) is 5.75 Å². The summed E-state index contributed by atoms with van der Waals surface area (Å²) < 4.78 is 18.6. The summed E-state index contributed by atoms with van der Waals surface area (Å²) in [6.45, 7) is -0.719. The van der Waals surface area contributed by atoms with E-state index < -0.39 is 28.7 Å². The molecule has 0 fully saturated rings. The number of hydrogen-bond donors (Lipinski definition) is 1. The Morgan fingerprint density at radius 3 is 2.54 bits per heavy atom. The van der Waals surface area contributed by atoms with Gasteiger partial charge in [0.15, 0.2) is 11.6 Å². The Morgan fingerprint density at radius 2 is 1.85 bits per heavy atom. The maximum absolute atomic E-state index is 13.5. The number of para-hydroxylation sites is 1. The number of nitro groups is 1. The quantitative estimate of drug-likeness (QED) is 0.478. The molecular formula is C17H13FN2O6. The number of ether oxygens (including phenoxy) is 1. The van der Waals surface area contributed by atoms with Crippen LogP contribution in [0.1, 0.15) is 20.7 Å². The van der Waals surface area contributed by atoms with Crippen LogP contribution >= 0.6 is 0 Å². The van der Waals surface area contributed by atoms with Crippen molar-refractivity contribution >= 4 is 17.5 Å². The van der Waals surface area contributed by atoms with Gasteiger partial charge in [-0.25, -0.2) is 4.39 Å². The lowest BCUT2D eigenvalue weighted by molar-refractivity contribution is -0.384. The molecule has 1 N–H and O–H groups in total. The molecule has 0 radical (unpaired) electrons. The number of amides is 2. The van der Waals surface area contributed by atoms with E-state index in [-0.39, 0.29) is 35.7 Å². The van der Waals surface area contributed by atoms with E-state index >= 15 is 0 Å². The van der Waals surface area contributed by atoms with E-state index in [2.05, 4.69) is 0 Å². The molecule has 0 saturated carbocycles. The number of benzene rings is 2. The van der Waals surface area contributed by atoms with Gasteiger partial charge in [0.2, 0.25) is 0 Å². The number of halogens is 1. The second-order valence-corrected chi connectivity index (χ2v) is 5.60. The van der Waals surface area contributed by atoms with E-state index in [9.17, 15) is 29.2 Å². The Hall–Kier alpha value is -3.33. The summed E-state index contributed by atoms with van der Waals surface area (Å²) >= 11 is 0. The Balaban J connectivity index is 1.68. The maximum atomic E-state index is 13.5. The second kappa shape index (κ2) is 6.89. The number of hydrogen-bond acceptors (Lipinski definition) is 6. The maximum Gasteiger partial charge on any atom is 0.270 e. The number of carbonyl (C=O) groups is 2. The minimum absolute atomic E-state index is 0.0304. The van der Waals surface area contributed by atoms with E-state index in [1.165, 1.54) is 24.3 Å². The van der Waals surface area contributed by atoms with Crippen LogP contribution < -0.4 is 4.74 Å². The van der Waals surface area contributed by atoms with Crippen LogP contribution in [-0.4, -0.2) is 46.0 Å². The number of aliphatic hydroxyl groups excluding tert-OH is 1. The predicted octanol–water partition coefficient (Wildman–Crippen LogP) is 1.77. The van der Waals surface area contributed by atoms with Gasteiger partial charge >= 0.3 is 0 Å². The first kappa shape index (κ1) is 17.5. The molecule has 134 valence electrons. The van der Waals surface area contributed by atoms with Gasteiger partial charge in [0.1, 0.15) is 12.7 Å². The normalized spacial score (nSPS) is 14.3. The Labute approximate surface area is 146 Å². The van der Waals surface area contributed by atoms with Crippen LogP contribution in [0.15, 0.2) is 42.5 Å². The van der Waals surface area contributed by atoms with Crippen molar-refractivity contribution in [1.82, 2.24) is 4.90 Å². The van der Waals surface area contributed by atoms with Crippen molar-refractivity contribution in [2.45, 2.75) is 6.10 Å². The van der Waals surface area contributed by atoms with Crippen molar-refractivity contribution in [3.63, 3.8) is 0 Å². The molecule has 8 nitrogen and oxygen atoms in total. The van der Waals surface area contributed by atoms with Gasteiger partial charge in [-0.05, 0) is 18.2 Å². The molecule has 1 aliphatic rings. The van der Waals surface area contributed by atoms with Crippen molar-refractivity contribution in [2.75, 3.05) is 13.2 Å². The minimum atomic E-state index is -1.26. The number of nitrogens with zero attached hydrogens (tertiary/aromatic N) is 2. The van der Waals surface area contributed by atoms with Gasteiger partial charge in [0.25, 0.3) is 17.5 Å². The van der Waals surface area contributed by atoms with E-state index in [1.54, 1.807) is 6.07 Å². The van der Waals surface area contributed by atoms with Gasteiger partial charge in [0.05, 0.1) is 22.6 Å². The largest absolute Gasteiger partial charge is 0.488 e. The summed E-state index contributed by atoms with van der Waals surface area (Å²) in [6.07, 6.45) is -1.26. The lowest BCUT2D eigenvalue weighted by atomic mass is 10.1. The van der Waals surface area contributed by atoms with E-state index in [1.807, 2.05) is 0 Å². The number of aliphatic hydroxyl groups is 1. The molecule has 2 amide bonds. The molecule has 1 aliphatic heterocycles. The fraction of sp³-hybridized carbons (Fsp3) is 0.176. The number of carbonyl (C=O) groups excluding carboxylic acids is 2. The van der Waals surface area contributed by atoms with Gasteiger partial charge in [-0.1, -0.05) is 12.1 Å². The molecule has 26 heavy (non-hydrogen) atoms. The second-order valence-electron chi connectivity index (χ2n) is 5.60. The first-order valence-electron chi connectivity index (χ1n) is 7.58. The molecule has 0 spiro atoms. The van der Waals surface area contributed by atoms with Crippen molar-refractivity contribution in [3.05, 3.63) is 69.5 Å². The molecule has 0 unspecified atom stereocenters. The smallest absolute Gasteiger partial charge is 0.270 e. The first-order chi connectivity index (χ1) is 12.4. The van der Waals surface area contributed by atoms with Gasteiger partial charge in [-0.2, -0.15) is 0 Å². The van der Waals surface area contributed by atoms with Crippen LogP contribution in [0.25, 0.3) is 0 Å². The summed E-state index contributed by atoms with van der Waals surface area (Å²) in [6, 6.07) is 8.97. The molecule has 2 aromatic carbocycles. The molecule has 2 aromatic rings.